The first-order valence-corrected chi connectivity index (χ1v) is 8.58. The van der Waals surface area contributed by atoms with Crippen molar-refractivity contribution in [3.8, 4) is 17.2 Å². The third-order valence-corrected chi connectivity index (χ3v) is 4.05. The number of ether oxygens (including phenoxy) is 3. The molecule has 0 amide bonds. The second kappa shape index (κ2) is 10.1. The Morgan fingerprint density at radius 2 is 1.81 bits per heavy atom. The first-order chi connectivity index (χ1) is 14.7. The lowest BCUT2D eigenvalue weighted by molar-refractivity contribution is -0.385. The number of nitro groups is 1. The average molecular weight is 437 g/mol. The highest BCUT2D eigenvalue weighted by atomic mass is 19.3. The maximum Gasteiger partial charge on any atom is 0.387 e. The van der Waals surface area contributed by atoms with Gasteiger partial charge in [0.2, 0.25) is 0 Å². The van der Waals surface area contributed by atoms with E-state index >= 15 is 0 Å². The number of nitrogens with zero attached hydrogens (tertiary/aromatic N) is 1. The summed E-state index contributed by atoms with van der Waals surface area (Å²) in [5.41, 5.74) is -0.270. The van der Waals surface area contributed by atoms with Crippen molar-refractivity contribution in [2.75, 3.05) is 14.2 Å². The second-order valence-electron chi connectivity index (χ2n) is 5.99. The Morgan fingerprint density at radius 1 is 1.13 bits per heavy atom. The molecule has 0 aromatic heterocycles. The van der Waals surface area contributed by atoms with Gasteiger partial charge in [-0.1, -0.05) is 0 Å². The number of rotatable bonds is 10. The Bertz CT molecular complexity index is 1040. The molecule has 0 saturated heterocycles. The molecule has 0 heterocycles. The Hall–Kier alpha value is -4.02. The van der Waals surface area contributed by atoms with Gasteiger partial charge >= 0.3 is 12.6 Å². The van der Waals surface area contributed by atoms with Gasteiger partial charge in [-0.15, -0.1) is 0 Å². The molecule has 31 heavy (non-hydrogen) atoms. The van der Waals surface area contributed by atoms with Crippen LogP contribution in [0.2, 0.25) is 0 Å². The average Bonchev–Trinajstić information content (AvgIpc) is 2.71. The number of carboxylic acid groups (broad SMARTS) is 1. The monoisotopic (exact) mass is 437 g/mol. The third kappa shape index (κ3) is 5.98. The number of halogens is 2. The second-order valence-corrected chi connectivity index (χ2v) is 5.99. The van der Waals surface area contributed by atoms with Crippen LogP contribution >= 0.6 is 0 Å². The Labute approximate surface area is 174 Å². The van der Waals surface area contributed by atoms with Crippen LogP contribution in [0.15, 0.2) is 36.4 Å². The molecule has 2 rings (SSSR count). The number of aliphatic carboxylic acids is 1. The molecule has 0 aliphatic carbocycles. The van der Waals surface area contributed by atoms with Gasteiger partial charge in [0.1, 0.15) is 5.75 Å². The van der Waals surface area contributed by atoms with Gasteiger partial charge in [0, 0.05) is 11.1 Å². The van der Waals surface area contributed by atoms with Crippen LogP contribution in [0.25, 0.3) is 6.08 Å². The maximum atomic E-state index is 12.5. The van der Waals surface area contributed by atoms with E-state index in [2.05, 4.69) is 4.74 Å². The first-order valence-electron chi connectivity index (χ1n) is 8.58. The van der Waals surface area contributed by atoms with Crippen LogP contribution in [0.4, 0.5) is 14.5 Å². The summed E-state index contributed by atoms with van der Waals surface area (Å²) < 4.78 is 39.3. The molecule has 1 N–H and O–H groups in total. The molecule has 0 saturated carbocycles. The van der Waals surface area contributed by atoms with Gasteiger partial charge in [-0.3, -0.25) is 19.7 Å². The number of methoxy groups -OCH3 is 2. The summed E-state index contributed by atoms with van der Waals surface area (Å²) in [6.07, 6.45) is 1.78. The number of alkyl halides is 2. The summed E-state index contributed by atoms with van der Waals surface area (Å²) in [7, 11) is 2.52. The Morgan fingerprint density at radius 3 is 2.35 bits per heavy atom. The molecule has 0 bridgehead atoms. The van der Waals surface area contributed by atoms with Crippen molar-refractivity contribution in [2.24, 2.45) is 0 Å². The molecule has 0 atom stereocenters. The van der Waals surface area contributed by atoms with Crippen molar-refractivity contribution < 1.29 is 42.6 Å². The largest absolute Gasteiger partial charge is 0.496 e. The maximum absolute atomic E-state index is 12.5. The van der Waals surface area contributed by atoms with Gasteiger partial charge in [-0.05, 0) is 36.4 Å². The van der Waals surface area contributed by atoms with Crippen molar-refractivity contribution in [1.82, 2.24) is 0 Å². The number of carbonyl (C=O) groups is 2. The van der Waals surface area contributed by atoms with E-state index in [4.69, 9.17) is 14.6 Å². The lowest BCUT2D eigenvalue weighted by Gasteiger charge is -2.11. The minimum Gasteiger partial charge on any atom is -0.496 e. The molecule has 9 nitrogen and oxygen atoms in total. The van der Waals surface area contributed by atoms with Crippen LogP contribution in [0.3, 0.4) is 0 Å². The van der Waals surface area contributed by atoms with E-state index in [1.807, 2.05) is 0 Å². The van der Waals surface area contributed by atoms with Crippen molar-refractivity contribution >= 4 is 23.5 Å². The fourth-order valence-corrected chi connectivity index (χ4v) is 2.70. The van der Waals surface area contributed by atoms with E-state index in [1.165, 1.54) is 32.4 Å². The highest BCUT2D eigenvalue weighted by Crippen LogP contribution is 2.36. The van der Waals surface area contributed by atoms with Crippen LogP contribution in [0, 0.1) is 10.1 Å². The molecule has 0 unspecified atom stereocenters. The Balaban J connectivity index is 2.41. The van der Waals surface area contributed by atoms with E-state index in [0.29, 0.717) is 0 Å². The topological polar surface area (TPSA) is 125 Å². The van der Waals surface area contributed by atoms with Crippen molar-refractivity contribution in [3.63, 3.8) is 0 Å². The zero-order chi connectivity index (χ0) is 23.1. The van der Waals surface area contributed by atoms with Gasteiger partial charge in [-0.2, -0.15) is 8.78 Å². The standard InChI is InChI=1S/C20H17F2NO8/c1-29-16-6-4-12(7-13(16)9-19(25)26)15(24)5-3-11-8-17(30-2)18(31-20(21)22)10-14(11)23(27)28/h3-8,10,20H,9H2,1-2H3,(H,25,26)/b5-3+. The number of nitro benzene ring substituents is 1. The number of benzene rings is 2. The molecular weight excluding hydrogens is 420 g/mol. The summed E-state index contributed by atoms with van der Waals surface area (Å²) in [4.78, 5) is 34.0. The third-order valence-electron chi connectivity index (χ3n) is 4.05. The molecule has 11 heteroatoms. The zero-order valence-electron chi connectivity index (χ0n) is 16.3. The van der Waals surface area contributed by atoms with Gasteiger partial charge < -0.3 is 19.3 Å². The van der Waals surface area contributed by atoms with E-state index < -0.39 is 34.7 Å². The van der Waals surface area contributed by atoms with Gasteiger partial charge in [0.05, 0.1) is 37.2 Å². The normalized spacial score (nSPS) is 10.9. The minimum atomic E-state index is -3.22. The summed E-state index contributed by atoms with van der Waals surface area (Å²) >= 11 is 0. The predicted octanol–water partition coefficient (Wildman–Crippen LogP) is 3.74. The number of hydrogen-bond acceptors (Lipinski definition) is 7. The summed E-state index contributed by atoms with van der Waals surface area (Å²) in [6, 6.07) is 6.04. The molecule has 2 aromatic rings. The number of hydrogen-bond donors (Lipinski definition) is 1. The molecular formula is C20H17F2NO8. The quantitative estimate of drug-likeness (QED) is 0.258. The smallest absolute Gasteiger partial charge is 0.387 e. The molecule has 0 spiro atoms. The summed E-state index contributed by atoms with van der Waals surface area (Å²) in [6.45, 7) is -3.22. The van der Waals surface area contributed by atoms with E-state index in [0.717, 1.165) is 24.3 Å². The van der Waals surface area contributed by atoms with Crippen LogP contribution in [0.1, 0.15) is 21.5 Å². The lowest BCUT2D eigenvalue weighted by Crippen LogP contribution is -2.05. The molecule has 0 radical (unpaired) electrons. The number of allylic oxidation sites excluding steroid dienone is 1. The molecule has 0 aliphatic rings. The number of carboxylic acids is 1. The van der Waals surface area contributed by atoms with Crippen LogP contribution < -0.4 is 14.2 Å². The number of carbonyl (C=O) groups excluding carboxylic acids is 1. The van der Waals surface area contributed by atoms with Crippen LogP contribution in [0.5, 0.6) is 17.2 Å². The fourth-order valence-electron chi connectivity index (χ4n) is 2.70. The van der Waals surface area contributed by atoms with Gasteiger partial charge in [0.25, 0.3) is 5.69 Å². The molecule has 2 aromatic carbocycles. The van der Waals surface area contributed by atoms with E-state index in [9.17, 15) is 28.5 Å². The van der Waals surface area contributed by atoms with Gasteiger partial charge in [-0.25, -0.2) is 0 Å². The molecule has 0 fully saturated rings. The van der Waals surface area contributed by atoms with Crippen molar-refractivity contribution in [3.05, 3.63) is 63.2 Å². The molecule has 164 valence electrons. The van der Waals surface area contributed by atoms with E-state index in [1.54, 1.807) is 0 Å². The fraction of sp³-hybridized carbons (Fsp3) is 0.200. The van der Waals surface area contributed by atoms with Gasteiger partial charge in [0.15, 0.2) is 17.3 Å². The van der Waals surface area contributed by atoms with Crippen LogP contribution in [-0.2, 0) is 11.2 Å². The summed E-state index contributed by atoms with van der Waals surface area (Å²) in [5.74, 6) is -2.12. The van der Waals surface area contributed by atoms with Crippen molar-refractivity contribution in [1.29, 1.82) is 0 Å². The highest BCUT2D eigenvalue weighted by Gasteiger charge is 2.21. The van der Waals surface area contributed by atoms with E-state index in [-0.39, 0.29) is 34.6 Å². The minimum absolute atomic E-state index is 0.0870. The predicted molar refractivity (Wildman–Crippen MR) is 104 cm³/mol. The Kier molecular flexibility index (Phi) is 7.61. The van der Waals surface area contributed by atoms with Crippen LogP contribution in [-0.4, -0.2) is 42.6 Å². The molecule has 0 aliphatic heterocycles. The number of ketones is 1. The lowest BCUT2D eigenvalue weighted by atomic mass is 10.0. The van der Waals surface area contributed by atoms with Crippen molar-refractivity contribution in [2.45, 2.75) is 13.0 Å². The summed E-state index contributed by atoms with van der Waals surface area (Å²) in [5, 5.41) is 20.3. The zero-order valence-corrected chi connectivity index (χ0v) is 16.3. The highest BCUT2D eigenvalue weighted by molar-refractivity contribution is 6.07. The SMILES string of the molecule is COc1ccc(C(=O)/C=C/c2cc(OC)c(OC(F)F)cc2[N+](=O)[O-])cc1CC(=O)O. The first kappa shape index (κ1) is 23.3.